The summed E-state index contributed by atoms with van der Waals surface area (Å²) in [5.74, 6) is 4.09. The number of fused-ring (bicyclic) bond motifs is 1. The van der Waals surface area contributed by atoms with Crippen LogP contribution in [0.15, 0.2) is 12.5 Å². The predicted molar refractivity (Wildman–Crippen MR) is 107 cm³/mol. The lowest BCUT2D eigenvalue weighted by Gasteiger charge is -2.22. The standard InChI is InChI=1S/C19H29N5OS/c20-19-18-17(22-12-23-19)14(6-21-18)7-24-8-15(16(25)9-24)11-26-10-13-4-2-1-3-5-13/h6,12-13,15-16,21,25H,1-5,7-11H2,(H2,20,22,23)/t15-,16-/m1/s1. The molecule has 6 nitrogen and oxygen atoms in total. The van der Waals surface area contributed by atoms with Crippen LogP contribution < -0.4 is 5.73 Å². The molecule has 2 aromatic heterocycles. The zero-order valence-electron chi connectivity index (χ0n) is 15.2. The van der Waals surface area contributed by atoms with Gasteiger partial charge in [0.05, 0.1) is 11.6 Å². The van der Waals surface area contributed by atoms with Crippen molar-refractivity contribution in [3.05, 3.63) is 18.1 Å². The Bertz CT molecular complexity index is 730. The fourth-order valence-electron chi connectivity index (χ4n) is 4.35. The summed E-state index contributed by atoms with van der Waals surface area (Å²) >= 11 is 2.05. The summed E-state index contributed by atoms with van der Waals surface area (Å²) in [6.07, 6.45) is 10.3. The quantitative estimate of drug-likeness (QED) is 0.719. The number of anilines is 1. The third-order valence-electron chi connectivity index (χ3n) is 5.86. The maximum atomic E-state index is 10.5. The molecule has 0 spiro atoms. The van der Waals surface area contributed by atoms with Crippen LogP contribution in [-0.2, 0) is 6.54 Å². The molecule has 1 saturated heterocycles. The van der Waals surface area contributed by atoms with E-state index in [1.807, 2.05) is 18.0 Å². The van der Waals surface area contributed by atoms with Gasteiger partial charge in [0.15, 0.2) is 5.82 Å². The summed E-state index contributed by atoms with van der Waals surface area (Å²) in [4.78, 5) is 13.9. The number of aliphatic hydroxyl groups is 1. The zero-order chi connectivity index (χ0) is 17.9. The molecule has 1 saturated carbocycles. The molecule has 0 aromatic carbocycles. The van der Waals surface area contributed by atoms with Crippen LogP contribution in [0.1, 0.15) is 37.7 Å². The number of nitrogens with two attached hydrogens (primary N) is 1. The molecule has 7 heteroatoms. The number of rotatable bonds is 6. The second-order valence-corrected chi connectivity index (χ2v) is 8.93. The highest BCUT2D eigenvalue weighted by Crippen LogP contribution is 2.30. The van der Waals surface area contributed by atoms with Gasteiger partial charge in [-0.05, 0) is 30.3 Å². The molecule has 2 atom stereocenters. The van der Waals surface area contributed by atoms with Gasteiger partial charge < -0.3 is 15.8 Å². The summed E-state index contributed by atoms with van der Waals surface area (Å²) in [5, 5.41) is 10.5. The highest BCUT2D eigenvalue weighted by Gasteiger charge is 2.31. The first kappa shape index (κ1) is 18.1. The van der Waals surface area contributed by atoms with E-state index >= 15 is 0 Å². The summed E-state index contributed by atoms with van der Waals surface area (Å²) in [7, 11) is 0. The van der Waals surface area contributed by atoms with Crippen molar-refractivity contribution < 1.29 is 5.11 Å². The molecule has 0 unspecified atom stereocenters. The number of hydrogen-bond acceptors (Lipinski definition) is 6. The van der Waals surface area contributed by atoms with E-state index in [2.05, 4.69) is 19.9 Å². The molecule has 1 aliphatic carbocycles. The van der Waals surface area contributed by atoms with E-state index in [-0.39, 0.29) is 6.10 Å². The Morgan fingerprint density at radius 2 is 2.04 bits per heavy atom. The van der Waals surface area contributed by atoms with Gasteiger partial charge in [-0.2, -0.15) is 11.8 Å². The highest BCUT2D eigenvalue weighted by molar-refractivity contribution is 7.99. The zero-order valence-corrected chi connectivity index (χ0v) is 16.0. The summed E-state index contributed by atoms with van der Waals surface area (Å²) in [6, 6.07) is 0. The number of H-pyrrole nitrogens is 1. The van der Waals surface area contributed by atoms with Crippen molar-refractivity contribution in [1.29, 1.82) is 0 Å². The van der Waals surface area contributed by atoms with E-state index in [9.17, 15) is 5.11 Å². The Kier molecular flexibility index (Phi) is 5.66. The Labute approximate surface area is 159 Å². The lowest BCUT2D eigenvalue weighted by Crippen LogP contribution is -2.21. The van der Waals surface area contributed by atoms with Crippen molar-refractivity contribution in [2.24, 2.45) is 11.8 Å². The first-order valence-electron chi connectivity index (χ1n) is 9.75. The van der Waals surface area contributed by atoms with Gasteiger partial charge >= 0.3 is 0 Å². The second-order valence-electron chi connectivity index (χ2n) is 7.86. The fourth-order valence-corrected chi connectivity index (χ4v) is 5.78. The summed E-state index contributed by atoms with van der Waals surface area (Å²) < 4.78 is 0. The molecule has 2 aliphatic rings. The average molecular weight is 376 g/mol. The summed E-state index contributed by atoms with van der Waals surface area (Å²) in [5.41, 5.74) is 8.72. The molecule has 0 radical (unpaired) electrons. The molecule has 4 rings (SSSR count). The number of aliphatic hydroxyl groups excluding tert-OH is 1. The number of hydrogen-bond donors (Lipinski definition) is 3. The molecule has 142 valence electrons. The van der Waals surface area contributed by atoms with Gasteiger partial charge in [-0.3, -0.25) is 4.90 Å². The first-order chi connectivity index (χ1) is 12.7. The Morgan fingerprint density at radius 1 is 1.19 bits per heavy atom. The van der Waals surface area contributed by atoms with Crippen molar-refractivity contribution >= 4 is 28.6 Å². The molecule has 1 aliphatic heterocycles. The lowest BCUT2D eigenvalue weighted by atomic mass is 9.91. The number of nitrogen functional groups attached to an aromatic ring is 1. The van der Waals surface area contributed by atoms with Crippen LogP contribution in [0, 0.1) is 11.8 Å². The van der Waals surface area contributed by atoms with Crippen LogP contribution in [0.3, 0.4) is 0 Å². The van der Waals surface area contributed by atoms with Crippen LogP contribution in [-0.4, -0.2) is 55.7 Å². The first-order valence-corrected chi connectivity index (χ1v) is 10.9. The Balaban J connectivity index is 1.29. The van der Waals surface area contributed by atoms with Crippen molar-refractivity contribution in [3.63, 3.8) is 0 Å². The molecule has 4 N–H and O–H groups in total. The number of aromatic nitrogens is 3. The third kappa shape index (κ3) is 4.00. The maximum absolute atomic E-state index is 10.5. The molecular formula is C19H29N5OS. The molecule has 0 bridgehead atoms. The normalized spacial score (nSPS) is 25.3. The van der Waals surface area contributed by atoms with Gasteiger partial charge in [-0.25, -0.2) is 9.97 Å². The van der Waals surface area contributed by atoms with Crippen molar-refractivity contribution in [1.82, 2.24) is 19.9 Å². The van der Waals surface area contributed by atoms with Crippen molar-refractivity contribution in [3.8, 4) is 0 Å². The van der Waals surface area contributed by atoms with Crippen LogP contribution >= 0.6 is 11.8 Å². The molecule has 2 fully saturated rings. The second kappa shape index (κ2) is 8.15. The molecule has 26 heavy (non-hydrogen) atoms. The number of aromatic amines is 1. The van der Waals surface area contributed by atoms with Crippen molar-refractivity contribution in [2.75, 3.05) is 30.3 Å². The monoisotopic (exact) mass is 375 g/mol. The Morgan fingerprint density at radius 3 is 2.88 bits per heavy atom. The van der Waals surface area contributed by atoms with Gasteiger partial charge in [0.2, 0.25) is 0 Å². The van der Waals surface area contributed by atoms with Crippen LogP contribution in [0.25, 0.3) is 11.0 Å². The minimum Gasteiger partial charge on any atom is -0.391 e. The molecule has 3 heterocycles. The highest BCUT2D eigenvalue weighted by atomic mass is 32.2. The number of likely N-dealkylation sites (tertiary alicyclic amines) is 1. The predicted octanol–water partition coefficient (Wildman–Crippen LogP) is 2.65. The SMILES string of the molecule is Nc1ncnc2c(CN3C[C@H](CSCC4CCCCC4)[C@H](O)C3)c[nH]c12. The molecule has 0 amide bonds. The number of nitrogens with one attached hydrogen (secondary N) is 1. The van der Waals surface area contributed by atoms with Crippen LogP contribution in [0.4, 0.5) is 5.82 Å². The topological polar surface area (TPSA) is 91.1 Å². The van der Waals surface area contributed by atoms with Crippen molar-refractivity contribution in [2.45, 2.75) is 44.8 Å². The number of β-amino-alcohol motifs (C(OH)–C–C–N with tert-alkyl or cyclic N) is 1. The van der Waals surface area contributed by atoms with Crippen LogP contribution in [0.2, 0.25) is 0 Å². The van der Waals surface area contributed by atoms with E-state index in [0.29, 0.717) is 11.7 Å². The van der Waals surface area contributed by atoms with Gasteiger partial charge in [0.25, 0.3) is 0 Å². The molecular weight excluding hydrogens is 346 g/mol. The number of thioether (sulfide) groups is 1. The fraction of sp³-hybridized carbons (Fsp3) is 0.684. The van der Waals surface area contributed by atoms with Gasteiger partial charge in [-0.15, -0.1) is 0 Å². The van der Waals surface area contributed by atoms with E-state index in [1.165, 1.54) is 44.2 Å². The number of nitrogens with zero attached hydrogens (tertiary/aromatic N) is 3. The minimum absolute atomic E-state index is 0.223. The van der Waals surface area contributed by atoms with E-state index in [0.717, 1.165) is 47.9 Å². The van der Waals surface area contributed by atoms with Gasteiger partial charge in [0, 0.05) is 37.3 Å². The van der Waals surface area contributed by atoms with Gasteiger partial charge in [0.1, 0.15) is 11.8 Å². The third-order valence-corrected chi connectivity index (χ3v) is 7.23. The minimum atomic E-state index is -0.223. The lowest BCUT2D eigenvalue weighted by molar-refractivity contribution is 0.149. The largest absolute Gasteiger partial charge is 0.391 e. The van der Waals surface area contributed by atoms with Crippen LogP contribution in [0.5, 0.6) is 0 Å². The maximum Gasteiger partial charge on any atom is 0.151 e. The summed E-state index contributed by atoms with van der Waals surface area (Å²) in [6.45, 7) is 2.48. The van der Waals surface area contributed by atoms with Gasteiger partial charge in [-0.1, -0.05) is 19.3 Å². The Hall–Kier alpha value is -1.31. The van der Waals surface area contributed by atoms with E-state index < -0.39 is 0 Å². The smallest absolute Gasteiger partial charge is 0.151 e. The van der Waals surface area contributed by atoms with E-state index in [1.54, 1.807) is 0 Å². The molecule has 2 aromatic rings. The average Bonchev–Trinajstić information content (AvgIpc) is 3.21. The van der Waals surface area contributed by atoms with E-state index in [4.69, 9.17) is 5.73 Å².